The summed E-state index contributed by atoms with van der Waals surface area (Å²) in [5.41, 5.74) is -1.61. The number of hydrogen-bond donors (Lipinski definition) is 2. The smallest absolute Gasteiger partial charge is 0.343 e. The fraction of sp³-hybridized carbons (Fsp3) is 0.588. The number of hydrogen-bond acceptors (Lipinski definition) is 3. The third-order valence-corrected chi connectivity index (χ3v) is 4.51. The minimum atomic E-state index is -1.61. The third kappa shape index (κ3) is 3.63. The van der Waals surface area contributed by atoms with Crippen LogP contribution in [0.3, 0.4) is 0 Å². The van der Waals surface area contributed by atoms with Gasteiger partial charge in [0.05, 0.1) is 13.1 Å². The Bertz CT molecular complexity index is 476. The fourth-order valence-corrected chi connectivity index (χ4v) is 2.92. The van der Waals surface area contributed by atoms with E-state index in [-0.39, 0.29) is 0 Å². The molecule has 0 amide bonds. The van der Waals surface area contributed by atoms with Gasteiger partial charge in [0.15, 0.2) is 5.60 Å². The molecule has 1 unspecified atom stereocenters. The van der Waals surface area contributed by atoms with Gasteiger partial charge in [-0.25, -0.2) is 4.79 Å². The highest BCUT2D eigenvalue weighted by molar-refractivity contribution is 5.80. The SMILES string of the molecule is CC(O)(C(=O)OC(C)(C)C1CC[NH2+]CC1)c1ccccc1. The summed E-state index contributed by atoms with van der Waals surface area (Å²) in [6, 6.07) is 8.94. The van der Waals surface area contributed by atoms with E-state index in [1.54, 1.807) is 24.3 Å². The summed E-state index contributed by atoms with van der Waals surface area (Å²) >= 11 is 0. The molecular formula is C17H26NO3+. The predicted octanol–water partition coefficient (Wildman–Crippen LogP) is 1.19. The van der Waals surface area contributed by atoms with E-state index in [2.05, 4.69) is 5.32 Å². The number of ether oxygens (including phenoxy) is 1. The zero-order chi connectivity index (χ0) is 15.5. The number of carbonyl (C=O) groups excluding carboxylic acids is 1. The standard InChI is InChI=1S/C17H25NO3/c1-16(2,13-9-11-18-12-10-13)21-15(19)17(3,20)14-7-5-4-6-8-14/h4-8,13,18,20H,9-12H2,1-3H3/p+1. The van der Waals surface area contributed by atoms with Crippen molar-refractivity contribution in [2.75, 3.05) is 13.1 Å². The van der Waals surface area contributed by atoms with Gasteiger partial charge >= 0.3 is 5.97 Å². The maximum atomic E-state index is 12.4. The first-order valence-corrected chi connectivity index (χ1v) is 7.67. The number of piperidine rings is 1. The fourth-order valence-electron chi connectivity index (χ4n) is 2.92. The average molecular weight is 292 g/mol. The largest absolute Gasteiger partial charge is 0.457 e. The minimum absolute atomic E-state index is 0.345. The number of quaternary nitrogens is 1. The van der Waals surface area contributed by atoms with Crippen molar-refractivity contribution >= 4 is 5.97 Å². The number of carbonyl (C=O) groups is 1. The molecule has 0 saturated carbocycles. The second-order valence-corrected chi connectivity index (χ2v) is 6.57. The van der Waals surface area contributed by atoms with Crippen molar-refractivity contribution in [2.24, 2.45) is 5.92 Å². The maximum absolute atomic E-state index is 12.4. The summed E-state index contributed by atoms with van der Waals surface area (Å²) in [5, 5.41) is 12.8. The maximum Gasteiger partial charge on any atom is 0.343 e. The van der Waals surface area contributed by atoms with Gasteiger partial charge in [-0.15, -0.1) is 0 Å². The lowest BCUT2D eigenvalue weighted by atomic mass is 9.83. The number of benzene rings is 1. The van der Waals surface area contributed by atoms with Crippen LogP contribution >= 0.6 is 0 Å². The average Bonchev–Trinajstić information content (AvgIpc) is 2.48. The molecule has 1 aromatic rings. The molecule has 0 bridgehead atoms. The van der Waals surface area contributed by atoms with Gasteiger partial charge in [0.25, 0.3) is 0 Å². The summed E-state index contributed by atoms with van der Waals surface area (Å²) < 4.78 is 5.69. The Labute approximate surface area is 126 Å². The van der Waals surface area contributed by atoms with Crippen LogP contribution in [0.25, 0.3) is 0 Å². The van der Waals surface area contributed by atoms with Crippen molar-refractivity contribution in [2.45, 2.75) is 44.8 Å². The van der Waals surface area contributed by atoms with E-state index in [0.29, 0.717) is 11.5 Å². The molecule has 4 heteroatoms. The lowest BCUT2D eigenvalue weighted by Gasteiger charge is -2.37. The van der Waals surface area contributed by atoms with Crippen LogP contribution in [0.15, 0.2) is 30.3 Å². The molecule has 1 aliphatic heterocycles. The second kappa shape index (κ2) is 6.16. The van der Waals surface area contributed by atoms with E-state index in [9.17, 15) is 9.90 Å². The first-order chi connectivity index (χ1) is 9.84. The molecule has 116 valence electrons. The molecule has 1 atom stereocenters. The third-order valence-electron chi connectivity index (χ3n) is 4.51. The quantitative estimate of drug-likeness (QED) is 0.819. The van der Waals surface area contributed by atoms with E-state index in [0.717, 1.165) is 25.9 Å². The molecule has 2 rings (SSSR count). The monoisotopic (exact) mass is 292 g/mol. The molecule has 0 aliphatic carbocycles. The highest BCUT2D eigenvalue weighted by Gasteiger charge is 2.41. The van der Waals surface area contributed by atoms with E-state index >= 15 is 0 Å². The van der Waals surface area contributed by atoms with Crippen molar-refractivity contribution in [3.8, 4) is 0 Å². The van der Waals surface area contributed by atoms with E-state index in [1.165, 1.54) is 6.92 Å². The van der Waals surface area contributed by atoms with Crippen LogP contribution in [0.1, 0.15) is 39.2 Å². The zero-order valence-corrected chi connectivity index (χ0v) is 13.1. The Morgan fingerprint density at radius 3 is 2.33 bits per heavy atom. The van der Waals surface area contributed by atoms with Gasteiger partial charge in [0.1, 0.15) is 5.60 Å². The Hall–Kier alpha value is -1.39. The summed E-state index contributed by atoms with van der Waals surface area (Å²) in [7, 11) is 0. The molecule has 0 aromatic heterocycles. The summed E-state index contributed by atoms with van der Waals surface area (Å²) in [6.45, 7) is 7.53. The molecule has 0 spiro atoms. The molecule has 1 heterocycles. The molecular weight excluding hydrogens is 266 g/mol. The summed E-state index contributed by atoms with van der Waals surface area (Å²) in [6.07, 6.45) is 2.07. The van der Waals surface area contributed by atoms with Gasteiger partial charge < -0.3 is 15.2 Å². The van der Waals surface area contributed by atoms with Crippen LogP contribution in [-0.2, 0) is 15.1 Å². The van der Waals surface area contributed by atoms with Crippen molar-refractivity contribution < 1.29 is 20.0 Å². The van der Waals surface area contributed by atoms with Crippen LogP contribution in [-0.4, -0.2) is 29.8 Å². The zero-order valence-electron chi connectivity index (χ0n) is 13.1. The Balaban J connectivity index is 2.09. The molecule has 3 N–H and O–H groups in total. The molecule has 4 nitrogen and oxygen atoms in total. The number of rotatable bonds is 4. The number of esters is 1. The lowest BCUT2D eigenvalue weighted by molar-refractivity contribution is -0.665. The van der Waals surface area contributed by atoms with Crippen LogP contribution < -0.4 is 5.32 Å². The number of aliphatic hydroxyl groups is 1. The minimum Gasteiger partial charge on any atom is -0.457 e. The van der Waals surface area contributed by atoms with E-state index < -0.39 is 17.2 Å². The summed E-state index contributed by atoms with van der Waals surface area (Å²) in [5.74, 6) is -0.230. The van der Waals surface area contributed by atoms with Crippen LogP contribution in [0.4, 0.5) is 0 Å². The highest BCUT2D eigenvalue weighted by atomic mass is 16.6. The van der Waals surface area contributed by atoms with Crippen molar-refractivity contribution in [1.82, 2.24) is 0 Å². The Morgan fingerprint density at radius 1 is 1.19 bits per heavy atom. The molecule has 1 aliphatic rings. The van der Waals surface area contributed by atoms with E-state index in [1.807, 2.05) is 19.9 Å². The number of nitrogens with two attached hydrogens (primary N) is 1. The van der Waals surface area contributed by atoms with Crippen molar-refractivity contribution in [1.29, 1.82) is 0 Å². The van der Waals surface area contributed by atoms with Crippen LogP contribution in [0.5, 0.6) is 0 Å². The Kier molecular flexibility index (Phi) is 4.69. The molecule has 1 saturated heterocycles. The normalized spacial score (nSPS) is 19.8. The molecule has 21 heavy (non-hydrogen) atoms. The van der Waals surface area contributed by atoms with Gasteiger partial charge in [0.2, 0.25) is 0 Å². The second-order valence-electron chi connectivity index (χ2n) is 6.57. The first kappa shape index (κ1) is 16.0. The highest BCUT2D eigenvalue weighted by Crippen LogP contribution is 2.31. The van der Waals surface area contributed by atoms with Gasteiger partial charge in [-0.1, -0.05) is 30.3 Å². The van der Waals surface area contributed by atoms with Crippen LogP contribution in [0.2, 0.25) is 0 Å². The Morgan fingerprint density at radius 2 is 1.76 bits per heavy atom. The van der Waals surface area contributed by atoms with Gasteiger partial charge in [-0.3, -0.25) is 0 Å². The van der Waals surface area contributed by atoms with Crippen molar-refractivity contribution in [3.05, 3.63) is 35.9 Å². The van der Waals surface area contributed by atoms with Gasteiger partial charge in [-0.2, -0.15) is 0 Å². The van der Waals surface area contributed by atoms with Gasteiger partial charge in [0, 0.05) is 18.8 Å². The molecule has 1 fully saturated rings. The van der Waals surface area contributed by atoms with Gasteiger partial charge in [-0.05, 0) is 26.3 Å². The summed E-state index contributed by atoms with van der Waals surface area (Å²) in [4.78, 5) is 12.4. The van der Waals surface area contributed by atoms with E-state index in [4.69, 9.17) is 4.74 Å². The first-order valence-electron chi connectivity index (χ1n) is 7.67. The topological polar surface area (TPSA) is 63.1 Å². The van der Waals surface area contributed by atoms with Crippen molar-refractivity contribution in [3.63, 3.8) is 0 Å². The molecule has 1 aromatic carbocycles. The lowest BCUT2D eigenvalue weighted by Crippen LogP contribution is -2.86. The van der Waals surface area contributed by atoms with Crippen LogP contribution in [0, 0.1) is 5.92 Å². The predicted molar refractivity (Wildman–Crippen MR) is 80.6 cm³/mol. The molecule has 0 radical (unpaired) electrons.